The number of aryl methyl sites for hydroxylation is 1. The molecule has 0 bridgehead atoms. The minimum absolute atomic E-state index is 0.134. The van der Waals surface area contributed by atoms with Crippen molar-refractivity contribution < 1.29 is 28.1 Å². The van der Waals surface area contributed by atoms with Crippen molar-refractivity contribution in [3.05, 3.63) is 83.2 Å². The summed E-state index contributed by atoms with van der Waals surface area (Å²) < 4.78 is 34.4. The van der Waals surface area contributed by atoms with Gasteiger partial charge in [0.2, 0.25) is 6.36 Å². The van der Waals surface area contributed by atoms with Gasteiger partial charge in [0.15, 0.2) is 5.78 Å². The molecule has 0 spiro atoms. The molecular weight excluding hydrogens is 571 g/mol. The molecule has 2 aromatic rings. The number of carbonyl (C=O) groups excluding carboxylic acids is 1. The lowest BCUT2D eigenvalue weighted by molar-refractivity contribution is 0.0240. The number of fused-ring (bicyclic) bond motifs is 1. The van der Waals surface area contributed by atoms with Gasteiger partial charge < -0.3 is 18.9 Å². The first-order chi connectivity index (χ1) is 21.9. The van der Waals surface area contributed by atoms with Crippen LogP contribution in [0.15, 0.2) is 70.9 Å². The number of methoxy groups -OCH3 is 1. The summed E-state index contributed by atoms with van der Waals surface area (Å²) >= 11 is 0. The molecule has 2 heterocycles. The van der Waals surface area contributed by atoms with E-state index < -0.39 is 6.36 Å². The van der Waals surface area contributed by atoms with E-state index in [1.165, 1.54) is 12.5 Å². The normalized spacial score (nSPS) is 19.3. The lowest BCUT2D eigenvalue weighted by atomic mass is 9.81. The fraction of sp³-hybridized carbons (Fsp3) is 0.486. The lowest BCUT2D eigenvalue weighted by Gasteiger charge is -2.23. The Hall–Kier alpha value is -3.46. The number of carbonyl (C=O) groups is 1. The third-order valence-corrected chi connectivity index (χ3v) is 8.08. The second-order valence-corrected chi connectivity index (χ2v) is 11.7. The largest absolute Gasteiger partial charge is 0.461 e. The van der Waals surface area contributed by atoms with E-state index in [0.29, 0.717) is 45.2 Å². The van der Waals surface area contributed by atoms with Crippen LogP contribution in [0.3, 0.4) is 0 Å². The molecular formula is C37H47FN2O5. The molecule has 0 radical (unpaired) electrons. The second-order valence-electron chi connectivity index (χ2n) is 11.7. The van der Waals surface area contributed by atoms with Crippen molar-refractivity contribution in [2.45, 2.75) is 65.7 Å². The number of alkyl halides is 1. The molecule has 3 unspecified atom stereocenters. The topological polar surface area (TPSA) is 78.7 Å². The average molecular weight is 619 g/mol. The summed E-state index contributed by atoms with van der Waals surface area (Å²) in [5, 5.41) is 0. The van der Waals surface area contributed by atoms with Crippen molar-refractivity contribution in [3.63, 3.8) is 0 Å². The number of rotatable bonds is 18. The van der Waals surface area contributed by atoms with Crippen molar-refractivity contribution in [1.29, 1.82) is 0 Å². The molecule has 0 saturated heterocycles. The smallest absolute Gasteiger partial charge is 0.235 e. The van der Waals surface area contributed by atoms with Gasteiger partial charge in [0.05, 0.1) is 37.9 Å². The molecule has 2 aliphatic rings. The minimum Gasteiger partial charge on any atom is -0.461 e. The summed E-state index contributed by atoms with van der Waals surface area (Å²) in [6, 6.07) is 13.7. The lowest BCUT2D eigenvalue weighted by Crippen LogP contribution is -2.29. The molecule has 0 fully saturated rings. The summed E-state index contributed by atoms with van der Waals surface area (Å²) in [5.41, 5.74) is 7.19. The van der Waals surface area contributed by atoms with Gasteiger partial charge in [0.1, 0.15) is 5.75 Å². The molecule has 2 aromatic carbocycles. The van der Waals surface area contributed by atoms with Crippen LogP contribution in [0.25, 0.3) is 5.57 Å². The van der Waals surface area contributed by atoms with Gasteiger partial charge in [0, 0.05) is 56.9 Å². The van der Waals surface area contributed by atoms with Gasteiger partial charge in [-0.25, -0.2) is 4.39 Å². The summed E-state index contributed by atoms with van der Waals surface area (Å²) in [7, 11) is 1.65. The van der Waals surface area contributed by atoms with Gasteiger partial charge in [-0.2, -0.15) is 0 Å². The first-order valence-electron chi connectivity index (χ1n) is 16.1. The number of aliphatic imine (C=N–C) groups is 2. The van der Waals surface area contributed by atoms with Crippen LogP contribution in [-0.2, 0) is 20.6 Å². The molecule has 0 aromatic heterocycles. The zero-order chi connectivity index (χ0) is 32.0. The number of nitrogens with zero attached hydrogens (tertiary/aromatic N) is 2. The predicted molar refractivity (Wildman–Crippen MR) is 178 cm³/mol. The van der Waals surface area contributed by atoms with E-state index in [1.54, 1.807) is 19.2 Å². The molecule has 3 atom stereocenters. The van der Waals surface area contributed by atoms with Crippen molar-refractivity contribution in [1.82, 2.24) is 0 Å². The van der Waals surface area contributed by atoms with Crippen molar-refractivity contribution in [2.75, 3.05) is 40.1 Å². The van der Waals surface area contributed by atoms with E-state index in [4.69, 9.17) is 28.9 Å². The number of ether oxygens (including phenoxy) is 4. The van der Waals surface area contributed by atoms with Gasteiger partial charge in [-0.15, -0.1) is 0 Å². The maximum Gasteiger partial charge on any atom is 0.235 e. The highest BCUT2D eigenvalue weighted by Gasteiger charge is 2.31. The first kappa shape index (κ1) is 34.4. The van der Waals surface area contributed by atoms with Gasteiger partial charge in [-0.3, -0.25) is 14.8 Å². The second kappa shape index (κ2) is 17.9. The number of benzene rings is 2. The van der Waals surface area contributed by atoms with E-state index in [0.717, 1.165) is 65.8 Å². The zero-order valence-corrected chi connectivity index (χ0v) is 27.1. The monoisotopic (exact) mass is 618 g/mol. The Kier molecular flexibility index (Phi) is 13.7. The Morgan fingerprint density at radius 2 is 1.73 bits per heavy atom. The highest BCUT2D eigenvalue weighted by molar-refractivity contribution is 6.46. The van der Waals surface area contributed by atoms with E-state index in [2.05, 4.69) is 25.1 Å². The quantitative estimate of drug-likeness (QED) is 0.126. The van der Waals surface area contributed by atoms with Crippen LogP contribution >= 0.6 is 0 Å². The molecule has 4 rings (SSSR count). The van der Waals surface area contributed by atoms with Gasteiger partial charge >= 0.3 is 0 Å². The third kappa shape index (κ3) is 10.3. The SMILES string of the molecule is COCCOCCOCCCCC(=O)c1ccc(CC(C)/C2=N/C=C\CCC3C(c4ccc(OC(C)F)cc4)=CN=C23)cc1C. The number of ketones is 1. The zero-order valence-electron chi connectivity index (χ0n) is 27.1. The van der Waals surface area contributed by atoms with Crippen molar-refractivity contribution in [3.8, 4) is 5.75 Å². The van der Waals surface area contributed by atoms with Gasteiger partial charge in [0.25, 0.3) is 0 Å². The highest BCUT2D eigenvalue weighted by Crippen LogP contribution is 2.36. The molecule has 8 heteroatoms. The third-order valence-electron chi connectivity index (χ3n) is 8.08. The van der Waals surface area contributed by atoms with Crippen LogP contribution in [0.2, 0.25) is 0 Å². The van der Waals surface area contributed by atoms with Crippen LogP contribution in [0, 0.1) is 18.8 Å². The van der Waals surface area contributed by atoms with Crippen LogP contribution in [0.5, 0.6) is 5.75 Å². The van der Waals surface area contributed by atoms with E-state index in [1.807, 2.05) is 37.5 Å². The summed E-state index contributed by atoms with van der Waals surface area (Å²) in [5.74, 6) is 0.957. The molecule has 2 aliphatic heterocycles. The number of hydrogen-bond donors (Lipinski definition) is 0. The van der Waals surface area contributed by atoms with Crippen LogP contribution in [-0.4, -0.2) is 63.7 Å². The van der Waals surface area contributed by atoms with E-state index in [9.17, 15) is 9.18 Å². The number of Topliss-reactive ketones (excluding diaryl/α,β-unsaturated/α-hetero) is 1. The fourth-order valence-corrected chi connectivity index (χ4v) is 5.81. The maximum absolute atomic E-state index is 13.3. The summed E-state index contributed by atoms with van der Waals surface area (Å²) in [6.45, 7) is 8.47. The first-order valence-corrected chi connectivity index (χ1v) is 16.1. The van der Waals surface area contributed by atoms with Crippen molar-refractivity contribution >= 4 is 22.8 Å². The van der Waals surface area contributed by atoms with E-state index in [-0.39, 0.29) is 17.6 Å². The number of hydrogen-bond acceptors (Lipinski definition) is 7. The summed E-state index contributed by atoms with van der Waals surface area (Å²) in [6.07, 6.45) is 9.42. The Labute approximate surface area is 267 Å². The van der Waals surface area contributed by atoms with Crippen LogP contribution in [0.1, 0.15) is 73.0 Å². The highest BCUT2D eigenvalue weighted by atomic mass is 19.1. The van der Waals surface area contributed by atoms with E-state index >= 15 is 0 Å². The Morgan fingerprint density at radius 3 is 2.47 bits per heavy atom. The maximum atomic E-state index is 13.3. The molecule has 0 saturated carbocycles. The van der Waals surface area contributed by atoms with Gasteiger partial charge in [-0.05, 0) is 73.4 Å². The number of halogens is 1. The Bertz CT molecular complexity index is 1380. The average Bonchev–Trinajstić information content (AvgIpc) is 3.40. The molecule has 0 aliphatic carbocycles. The minimum atomic E-state index is -1.35. The van der Waals surface area contributed by atoms with Crippen LogP contribution in [0.4, 0.5) is 4.39 Å². The Morgan fingerprint density at radius 1 is 0.978 bits per heavy atom. The fourth-order valence-electron chi connectivity index (χ4n) is 5.81. The predicted octanol–water partition coefficient (Wildman–Crippen LogP) is 7.76. The molecule has 0 amide bonds. The number of allylic oxidation sites excluding steroid dienone is 2. The van der Waals surface area contributed by atoms with Gasteiger partial charge in [-0.1, -0.05) is 43.3 Å². The molecule has 242 valence electrons. The van der Waals surface area contributed by atoms with Crippen LogP contribution < -0.4 is 4.74 Å². The molecule has 7 nitrogen and oxygen atoms in total. The number of unbranched alkanes of at least 4 members (excludes halogenated alkanes) is 1. The Balaban J connectivity index is 1.30. The molecule has 45 heavy (non-hydrogen) atoms. The standard InChI is InChI=1S/C37H47FN2O5/c1-26-23-29(11-16-32(26)35(41)10-6-8-18-43-21-22-44-20-19-42-4)24-27(2)36-37-33(9-5-7-17-39-36)34(25-40-37)30-12-14-31(15-13-30)45-28(3)38/h7,11-17,23,25,27-28,33H,5-6,8-10,18-22,24H2,1-4H3/b17-7-,39-36-. The summed E-state index contributed by atoms with van der Waals surface area (Å²) in [4.78, 5) is 22.7. The molecule has 0 N–H and O–H groups in total. The van der Waals surface area contributed by atoms with Crippen molar-refractivity contribution in [2.24, 2.45) is 21.8 Å².